The fourth-order valence-electron chi connectivity index (χ4n) is 2.10. The van der Waals surface area contributed by atoms with E-state index in [1.165, 1.54) is 19.5 Å². The van der Waals surface area contributed by atoms with Crippen molar-refractivity contribution in [3.63, 3.8) is 0 Å². The monoisotopic (exact) mass is 213 g/mol. The molecular weight excluding hydrogens is 186 g/mol. The van der Waals surface area contributed by atoms with Gasteiger partial charge in [0.15, 0.2) is 0 Å². The van der Waals surface area contributed by atoms with E-state index in [0.717, 1.165) is 12.6 Å². The van der Waals surface area contributed by atoms with Gasteiger partial charge < -0.3 is 15.5 Å². The van der Waals surface area contributed by atoms with Crippen LogP contribution in [0.15, 0.2) is 0 Å². The molecule has 3 heteroatoms. The molecule has 2 N–H and O–H groups in total. The maximum Gasteiger partial charge on any atom is 0.0229 e. The number of nitrogens with two attached hydrogens (primary N) is 1. The van der Waals surface area contributed by atoms with E-state index >= 15 is 0 Å². The van der Waals surface area contributed by atoms with E-state index in [2.05, 4.69) is 44.7 Å². The summed E-state index contributed by atoms with van der Waals surface area (Å²) in [5.41, 5.74) is 6.23. The molecule has 1 heterocycles. The van der Waals surface area contributed by atoms with Crippen molar-refractivity contribution >= 4 is 0 Å². The molecule has 2 unspecified atom stereocenters. The Bertz CT molecular complexity index is 199. The maximum atomic E-state index is 6.01. The quantitative estimate of drug-likeness (QED) is 0.756. The molecule has 0 aromatic rings. The van der Waals surface area contributed by atoms with Crippen molar-refractivity contribution in [3.8, 4) is 0 Å². The third-order valence-corrected chi connectivity index (χ3v) is 3.84. The molecule has 0 amide bonds. The van der Waals surface area contributed by atoms with Gasteiger partial charge in [-0.25, -0.2) is 0 Å². The minimum absolute atomic E-state index is 0.223. The highest BCUT2D eigenvalue weighted by Crippen LogP contribution is 2.23. The molecule has 0 aromatic carbocycles. The molecule has 1 rings (SSSR count). The third-order valence-electron chi connectivity index (χ3n) is 3.84. The molecule has 1 fully saturated rings. The molecule has 0 bridgehead atoms. The Morgan fingerprint density at radius 3 is 2.47 bits per heavy atom. The van der Waals surface area contributed by atoms with Gasteiger partial charge in [-0.3, -0.25) is 0 Å². The summed E-state index contributed by atoms with van der Waals surface area (Å²) in [7, 11) is 4.34. The van der Waals surface area contributed by atoms with Crippen molar-refractivity contribution in [2.75, 3.05) is 33.7 Å². The molecule has 1 aliphatic rings. The number of nitrogens with zero attached hydrogens (tertiary/aromatic N) is 2. The lowest BCUT2D eigenvalue weighted by Crippen LogP contribution is -2.44. The first-order chi connectivity index (χ1) is 6.83. The van der Waals surface area contributed by atoms with Crippen molar-refractivity contribution in [1.29, 1.82) is 0 Å². The van der Waals surface area contributed by atoms with E-state index in [-0.39, 0.29) is 11.5 Å². The Labute approximate surface area is 94.6 Å². The van der Waals surface area contributed by atoms with Crippen LogP contribution in [0.2, 0.25) is 0 Å². The molecule has 3 nitrogen and oxygen atoms in total. The molecular formula is C12H27N3. The maximum absolute atomic E-state index is 6.01. The van der Waals surface area contributed by atoms with Gasteiger partial charge >= 0.3 is 0 Å². The van der Waals surface area contributed by atoms with Gasteiger partial charge in [0.2, 0.25) is 0 Å². The van der Waals surface area contributed by atoms with Crippen LogP contribution in [0.1, 0.15) is 27.2 Å². The summed E-state index contributed by atoms with van der Waals surface area (Å²) in [6.07, 6.45) is 1.29. The predicted octanol–water partition coefficient (Wildman–Crippen LogP) is 0.996. The topological polar surface area (TPSA) is 32.5 Å². The Morgan fingerprint density at radius 2 is 2.07 bits per heavy atom. The zero-order valence-corrected chi connectivity index (χ0v) is 11.0. The molecule has 1 saturated heterocycles. The summed E-state index contributed by atoms with van der Waals surface area (Å²) in [5, 5.41) is 0. The Hall–Kier alpha value is -0.120. The molecule has 90 valence electrons. The smallest absolute Gasteiger partial charge is 0.0229 e. The van der Waals surface area contributed by atoms with Crippen LogP contribution in [0.25, 0.3) is 0 Å². The van der Waals surface area contributed by atoms with Crippen LogP contribution in [-0.4, -0.2) is 55.6 Å². The average molecular weight is 213 g/mol. The van der Waals surface area contributed by atoms with Crippen molar-refractivity contribution in [2.45, 2.75) is 39.3 Å². The van der Waals surface area contributed by atoms with Gasteiger partial charge in [0.25, 0.3) is 0 Å². The second-order valence-electron chi connectivity index (χ2n) is 5.92. The van der Waals surface area contributed by atoms with E-state index < -0.39 is 0 Å². The molecule has 0 aliphatic carbocycles. The number of likely N-dealkylation sites (tertiary alicyclic amines) is 1. The second kappa shape index (κ2) is 4.81. The summed E-state index contributed by atoms with van der Waals surface area (Å²) in [6, 6.07) is 0.991. The average Bonchev–Trinajstić information content (AvgIpc) is 2.51. The van der Waals surface area contributed by atoms with Gasteiger partial charge in [0, 0.05) is 25.2 Å². The van der Waals surface area contributed by atoms with Crippen molar-refractivity contribution in [3.05, 3.63) is 0 Å². The minimum atomic E-state index is 0.223. The first kappa shape index (κ1) is 12.9. The summed E-state index contributed by atoms with van der Waals surface area (Å²) >= 11 is 0. The highest BCUT2D eigenvalue weighted by atomic mass is 15.2. The molecule has 1 aliphatic heterocycles. The largest absolute Gasteiger partial charge is 0.327 e. The Balaban J connectivity index is 2.42. The van der Waals surface area contributed by atoms with Crippen LogP contribution in [0, 0.1) is 5.41 Å². The van der Waals surface area contributed by atoms with Gasteiger partial charge in [-0.15, -0.1) is 0 Å². The number of hydrogen-bond acceptors (Lipinski definition) is 3. The zero-order chi connectivity index (χ0) is 11.6. The van der Waals surface area contributed by atoms with Crippen LogP contribution >= 0.6 is 0 Å². The first-order valence-corrected chi connectivity index (χ1v) is 5.97. The molecule has 2 atom stereocenters. The highest BCUT2D eigenvalue weighted by molar-refractivity contribution is 4.87. The summed E-state index contributed by atoms with van der Waals surface area (Å²) in [4.78, 5) is 4.88. The second-order valence-corrected chi connectivity index (χ2v) is 5.92. The highest BCUT2D eigenvalue weighted by Gasteiger charge is 2.30. The van der Waals surface area contributed by atoms with Gasteiger partial charge in [0.1, 0.15) is 0 Å². The lowest BCUT2D eigenvalue weighted by molar-refractivity contribution is 0.172. The van der Waals surface area contributed by atoms with E-state index in [4.69, 9.17) is 5.73 Å². The fourth-order valence-corrected chi connectivity index (χ4v) is 2.10. The minimum Gasteiger partial charge on any atom is -0.327 e. The third kappa shape index (κ3) is 3.44. The van der Waals surface area contributed by atoms with Crippen molar-refractivity contribution < 1.29 is 0 Å². The van der Waals surface area contributed by atoms with E-state index in [0.29, 0.717) is 0 Å². The lowest BCUT2D eigenvalue weighted by atomic mass is 9.85. The fraction of sp³-hybridized carbons (Fsp3) is 1.00. The van der Waals surface area contributed by atoms with Crippen LogP contribution < -0.4 is 5.73 Å². The summed E-state index contributed by atoms with van der Waals surface area (Å²) < 4.78 is 0. The van der Waals surface area contributed by atoms with Crippen LogP contribution in [-0.2, 0) is 0 Å². The van der Waals surface area contributed by atoms with E-state index in [1.54, 1.807) is 0 Å². The van der Waals surface area contributed by atoms with Crippen LogP contribution in [0.4, 0.5) is 0 Å². The van der Waals surface area contributed by atoms with E-state index in [9.17, 15) is 0 Å². The van der Waals surface area contributed by atoms with Crippen LogP contribution in [0.3, 0.4) is 0 Å². The molecule has 15 heavy (non-hydrogen) atoms. The SMILES string of the molecule is CC(N)C(C)(C)CN1CCC(N(C)C)C1. The summed E-state index contributed by atoms with van der Waals surface area (Å²) in [6.45, 7) is 10.2. The Kier molecular flexibility index (Phi) is 4.15. The summed E-state index contributed by atoms with van der Waals surface area (Å²) in [5.74, 6) is 0. The van der Waals surface area contributed by atoms with Gasteiger partial charge in [0.05, 0.1) is 0 Å². The predicted molar refractivity (Wildman–Crippen MR) is 66.0 cm³/mol. The molecule has 0 saturated carbocycles. The van der Waals surface area contributed by atoms with Crippen molar-refractivity contribution in [1.82, 2.24) is 9.80 Å². The van der Waals surface area contributed by atoms with Gasteiger partial charge in [-0.1, -0.05) is 13.8 Å². The Morgan fingerprint density at radius 1 is 1.47 bits per heavy atom. The normalized spacial score (nSPS) is 26.2. The van der Waals surface area contributed by atoms with E-state index in [1.807, 2.05) is 0 Å². The number of hydrogen-bond donors (Lipinski definition) is 1. The van der Waals surface area contributed by atoms with Gasteiger partial charge in [-0.2, -0.15) is 0 Å². The first-order valence-electron chi connectivity index (χ1n) is 5.97. The zero-order valence-electron chi connectivity index (χ0n) is 11.0. The molecule has 0 radical (unpaired) electrons. The lowest BCUT2D eigenvalue weighted by Gasteiger charge is -2.33. The van der Waals surface area contributed by atoms with Crippen molar-refractivity contribution in [2.24, 2.45) is 11.1 Å². The molecule has 0 aromatic heterocycles. The number of likely N-dealkylation sites (N-methyl/N-ethyl adjacent to an activating group) is 1. The standard InChI is InChI=1S/C12H27N3/c1-10(13)12(2,3)9-15-7-6-11(8-15)14(4)5/h10-11H,6-9,13H2,1-5H3. The molecule has 0 spiro atoms. The van der Waals surface area contributed by atoms with Gasteiger partial charge in [-0.05, 0) is 39.4 Å². The van der Waals surface area contributed by atoms with Crippen LogP contribution in [0.5, 0.6) is 0 Å². The number of rotatable bonds is 4.